The van der Waals surface area contributed by atoms with E-state index in [0.29, 0.717) is 0 Å². The van der Waals surface area contributed by atoms with Crippen LogP contribution in [0.4, 0.5) is 34.1 Å². The number of hydrogen-bond acceptors (Lipinski definition) is 2. The molecule has 0 radical (unpaired) electrons. The average Bonchev–Trinajstić information content (AvgIpc) is 3.75. The number of nitrogens with zero attached hydrogens (tertiary/aromatic N) is 2. The van der Waals surface area contributed by atoms with Gasteiger partial charge in [-0.05, 0) is 154 Å². The molecule has 346 valence electrons. The summed E-state index contributed by atoms with van der Waals surface area (Å²) in [7, 11) is 0. The zero-order chi connectivity index (χ0) is 48.9. The Morgan fingerprint density at radius 2 is 0.718 bits per heavy atom. The average molecular weight is 917 g/mol. The van der Waals surface area contributed by atoms with Crippen molar-refractivity contribution in [3.63, 3.8) is 0 Å². The van der Waals surface area contributed by atoms with Crippen LogP contribution >= 0.6 is 0 Å². The molecule has 0 amide bonds. The summed E-state index contributed by atoms with van der Waals surface area (Å²) in [5, 5.41) is 0. The fourth-order valence-electron chi connectivity index (χ4n) is 13.2. The minimum atomic E-state index is -0.102. The molecule has 2 aliphatic carbocycles. The van der Waals surface area contributed by atoms with E-state index < -0.39 is 0 Å². The second-order valence-corrected chi connectivity index (χ2v) is 23.8. The summed E-state index contributed by atoms with van der Waals surface area (Å²) in [5.41, 5.74) is 29.8. The van der Waals surface area contributed by atoms with Gasteiger partial charge in [0.05, 0.1) is 0 Å². The summed E-state index contributed by atoms with van der Waals surface area (Å²) in [5.74, 6) is 0. The summed E-state index contributed by atoms with van der Waals surface area (Å²) in [6.07, 6.45) is 0. The summed E-state index contributed by atoms with van der Waals surface area (Å²) < 4.78 is 0. The Bertz CT molecular complexity index is 3430. The van der Waals surface area contributed by atoms with Crippen molar-refractivity contribution in [1.29, 1.82) is 0 Å². The summed E-state index contributed by atoms with van der Waals surface area (Å²) >= 11 is 0. The highest BCUT2D eigenvalue weighted by molar-refractivity contribution is 7.00. The van der Waals surface area contributed by atoms with Crippen LogP contribution in [0.3, 0.4) is 0 Å². The minimum absolute atomic E-state index is 0.0284. The van der Waals surface area contributed by atoms with E-state index in [1.165, 1.54) is 117 Å². The lowest BCUT2D eigenvalue weighted by Crippen LogP contribution is -2.61. The molecule has 0 saturated carbocycles. The van der Waals surface area contributed by atoms with Crippen LogP contribution in [0.5, 0.6) is 0 Å². The Kier molecular flexibility index (Phi) is 9.27. The van der Waals surface area contributed by atoms with Gasteiger partial charge < -0.3 is 9.80 Å². The molecule has 9 aromatic rings. The smallest absolute Gasteiger partial charge is 0.252 e. The lowest BCUT2D eigenvalue weighted by atomic mass is 9.33. The molecule has 0 bridgehead atoms. The van der Waals surface area contributed by atoms with Crippen LogP contribution in [0.1, 0.15) is 103 Å². The van der Waals surface area contributed by atoms with E-state index in [1.807, 2.05) is 0 Å². The lowest BCUT2D eigenvalue weighted by Gasteiger charge is -2.44. The van der Waals surface area contributed by atoms with Gasteiger partial charge in [-0.3, -0.25) is 0 Å². The van der Waals surface area contributed by atoms with Gasteiger partial charge in [0.1, 0.15) is 0 Å². The van der Waals surface area contributed by atoms with Gasteiger partial charge in [0.25, 0.3) is 6.71 Å². The SMILES string of the molecule is CC(C)(C)c1ccc2c(c1)N(c1ccc(-c3cccc4c3C(C)(C)c3ccccc3-4)cc1)c1cccc3c1B2c1ccc(C(C)(C)C)cc1N3c1ccc(-c2cccc3c2C(C)(C)c2ccccc2-3)cc1. The van der Waals surface area contributed by atoms with E-state index in [-0.39, 0.29) is 28.4 Å². The van der Waals surface area contributed by atoms with E-state index >= 15 is 0 Å². The fraction of sp³-hybridized carbons (Fsp3) is 0.206. The number of benzene rings is 9. The Labute approximate surface area is 421 Å². The maximum Gasteiger partial charge on any atom is 0.252 e. The van der Waals surface area contributed by atoms with Crippen molar-refractivity contribution in [3.05, 3.63) is 221 Å². The Morgan fingerprint density at radius 1 is 0.352 bits per heavy atom. The molecule has 71 heavy (non-hydrogen) atoms. The normalized spacial score (nSPS) is 15.3. The third-order valence-corrected chi connectivity index (χ3v) is 16.8. The molecule has 3 heteroatoms. The van der Waals surface area contributed by atoms with Gasteiger partial charge in [-0.2, -0.15) is 0 Å². The molecule has 0 fully saturated rings. The number of hydrogen-bond donors (Lipinski definition) is 0. The molecule has 0 N–H and O–H groups in total. The molecule has 0 atom stereocenters. The minimum Gasteiger partial charge on any atom is -0.311 e. The Balaban J connectivity index is 0.974. The van der Waals surface area contributed by atoms with Crippen molar-refractivity contribution in [2.45, 2.75) is 90.9 Å². The van der Waals surface area contributed by atoms with Gasteiger partial charge >= 0.3 is 0 Å². The molecule has 9 aromatic carbocycles. The maximum absolute atomic E-state index is 2.56. The Morgan fingerprint density at radius 3 is 1.13 bits per heavy atom. The molecular weight excluding hydrogens is 856 g/mol. The first-order valence-corrected chi connectivity index (χ1v) is 25.7. The van der Waals surface area contributed by atoms with E-state index in [1.54, 1.807) is 0 Å². The highest BCUT2D eigenvalue weighted by Gasteiger charge is 2.45. The number of rotatable bonds is 4. The van der Waals surface area contributed by atoms with Gasteiger partial charge in [-0.15, -0.1) is 0 Å². The Hall–Kier alpha value is -7.36. The van der Waals surface area contributed by atoms with E-state index in [2.05, 4.69) is 267 Å². The first-order valence-electron chi connectivity index (χ1n) is 25.7. The van der Waals surface area contributed by atoms with Crippen molar-refractivity contribution >= 4 is 57.2 Å². The second kappa shape index (κ2) is 15.1. The molecule has 13 rings (SSSR count). The highest BCUT2D eigenvalue weighted by atomic mass is 15.2. The molecule has 0 saturated heterocycles. The second-order valence-electron chi connectivity index (χ2n) is 23.8. The van der Waals surface area contributed by atoms with Crippen molar-refractivity contribution in [3.8, 4) is 44.5 Å². The lowest BCUT2D eigenvalue weighted by molar-refractivity contribution is 0.590. The molecule has 2 nitrogen and oxygen atoms in total. The van der Waals surface area contributed by atoms with Crippen LogP contribution in [-0.4, -0.2) is 6.71 Å². The summed E-state index contributed by atoms with van der Waals surface area (Å²) in [6.45, 7) is 23.6. The van der Waals surface area contributed by atoms with Crippen LogP contribution in [0, 0.1) is 0 Å². The van der Waals surface area contributed by atoms with Crippen molar-refractivity contribution in [2.75, 3.05) is 9.80 Å². The van der Waals surface area contributed by atoms with Gasteiger partial charge in [-0.1, -0.05) is 209 Å². The maximum atomic E-state index is 2.56. The number of anilines is 6. The van der Waals surface area contributed by atoms with Crippen molar-refractivity contribution < 1.29 is 0 Å². The highest BCUT2D eigenvalue weighted by Crippen LogP contribution is 2.54. The van der Waals surface area contributed by atoms with Crippen LogP contribution in [0.15, 0.2) is 188 Å². The summed E-state index contributed by atoms with van der Waals surface area (Å²) in [4.78, 5) is 5.12. The zero-order valence-electron chi connectivity index (χ0n) is 42.9. The van der Waals surface area contributed by atoms with Gasteiger partial charge in [0.2, 0.25) is 0 Å². The van der Waals surface area contributed by atoms with E-state index in [4.69, 9.17) is 0 Å². The molecule has 2 heterocycles. The van der Waals surface area contributed by atoms with Crippen molar-refractivity contribution in [1.82, 2.24) is 0 Å². The monoisotopic (exact) mass is 916 g/mol. The standard InChI is InChI=1S/C68H61BN2/c1-65(2,3)44-32-38-56-60(40-44)70(46-34-28-42(29-35-46)48-20-15-22-52-50-18-11-13-24-54(50)67(7,8)62(48)52)58-26-17-27-59-64(58)69(56)57-39-33-45(66(4,5)6)41-61(57)71(59)47-36-30-43(31-37-47)49-21-16-23-53-51-19-12-14-25-55(51)68(9,10)63(49)53/h11-41H,1-10H3. The largest absolute Gasteiger partial charge is 0.311 e. The number of fused-ring (bicyclic) bond motifs is 10. The van der Waals surface area contributed by atoms with Crippen LogP contribution in [0.2, 0.25) is 0 Å². The first-order chi connectivity index (χ1) is 34.0. The van der Waals surface area contributed by atoms with E-state index in [0.717, 1.165) is 11.4 Å². The third kappa shape index (κ3) is 6.34. The molecule has 0 unspecified atom stereocenters. The van der Waals surface area contributed by atoms with E-state index in [9.17, 15) is 0 Å². The first kappa shape index (κ1) is 43.6. The molecule has 0 aromatic heterocycles. The van der Waals surface area contributed by atoms with Crippen LogP contribution in [0.25, 0.3) is 44.5 Å². The van der Waals surface area contributed by atoms with Crippen LogP contribution in [-0.2, 0) is 21.7 Å². The quantitative estimate of drug-likeness (QED) is 0.162. The fourth-order valence-corrected chi connectivity index (χ4v) is 13.2. The van der Waals surface area contributed by atoms with Gasteiger partial charge in [0, 0.05) is 45.0 Å². The van der Waals surface area contributed by atoms with Gasteiger partial charge in [-0.25, -0.2) is 0 Å². The predicted octanol–water partition coefficient (Wildman–Crippen LogP) is 16.3. The summed E-state index contributed by atoms with van der Waals surface area (Å²) in [6, 6.07) is 72.2. The van der Waals surface area contributed by atoms with Gasteiger partial charge in [0.15, 0.2) is 0 Å². The topological polar surface area (TPSA) is 6.48 Å². The molecule has 4 aliphatic rings. The zero-order valence-corrected chi connectivity index (χ0v) is 42.9. The van der Waals surface area contributed by atoms with Crippen LogP contribution < -0.4 is 26.2 Å². The molecular formula is C68H61BN2. The van der Waals surface area contributed by atoms with Crippen molar-refractivity contribution in [2.24, 2.45) is 0 Å². The third-order valence-electron chi connectivity index (χ3n) is 16.8. The molecule has 2 aliphatic heterocycles. The molecule has 0 spiro atoms. The predicted molar refractivity (Wildman–Crippen MR) is 304 cm³/mol.